The number of fused-ring (bicyclic) bond motifs is 1. The third-order valence-electron chi connectivity index (χ3n) is 4.82. The minimum atomic E-state index is -0.569. The van der Waals surface area contributed by atoms with Crippen molar-refractivity contribution in [1.29, 1.82) is 0 Å². The van der Waals surface area contributed by atoms with Crippen LogP contribution in [0.1, 0.15) is 31.4 Å². The summed E-state index contributed by atoms with van der Waals surface area (Å²) in [5.41, 5.74) is 3.02. The average Bonchev–Trinajstić information content (AvgIpc) is 3.14. The van der Waals surface area contributed by atoms with Crippen LogP contribution in [0.3, 0.4) is 0 Å². The molecule has 0 saturated heterocycles. The number of hydrogen-bond donors (Lipinski definition) is 0. The number of para-hydroxylation sites is 1. The second kappa shape index (κ2) is 8.65. The van der Waals surface area contributed by atoms with Crippen LogP contribution in [-0.4, -0.2) is 35.4 Å². The first-order valence-corrected chi connectivity index (χ1v) is 10.5. The zero-order valence-electron chi connectivity index (χ0n) is 17.3. The monoisotopic (exact) mass is 432 g/mol. The molecule has 0 unspecified atom stereocenters. The molecule has 156 valence electrons. The lowest BCUT2D eigenvalue weighted by atomic mass is 10.1. The third-order valence-corrected chi connectivity index (χ3v) is 5.91. The van der Waals surface area contributed by atoms with Crippen LogP contribution < -0.4 is 4.74 Å². The minimum Gasteiger partial charge on any atom is -0.497 e. The molecule has 0 spiro atoms. The zero-order valence-corrected chi connectivity index (χ0v) is 18.2. The van der Waals surface area contributed by atoms with Crippen molar-refractivity contribution < 1.29 is 19.1 Å². The fourth-order valence-corrected chi connectivity index (χ4v) is 4.18. The third kappa shape index (κ3) is 4.32. The first kappa shape index (κ1) is 20.7. The minimum absolute atomic E-state index is 0.288. The Morgan fingerprint density at radius 3 is 2.42 bits per heavy atom. The quantitative estimate of drug-likeness (QED) is 0.314. The lowest BCUT2D eigenvalue weighted by molar-refractivity contribution is 0.0476. The molecule has 0 amide bonds. The number of benzene rings is 2. The van der Waals surface area contributed by atoms with Crippen molar-refractivity contribution in [1.82, 2.24) is 9.97 Å². The van der Waals surface area contributed by atoms with E-state index < -0.39 is 5.97 Å². The van der Waals surface area contributed by atoms with Gasteiger partial charge < -0.3 is 9.47 Å². The van der Waals surface area contributed by atoms with Crippen molar-refractivity contribution in [2.75, 3.05) is 13.7 Å². The van der Waals surface area contributed by atoms with Crippen molar-refractivity contribution in [2.45, 2.75) is 13.8 Å². The molecular formula is C24H20N2O4S. The molecular weight excluding hydrogens is 412 g/mol. The van der Waals surface area contributed by atoms with Crippen LogP contribution in [-0.2, 0) is 4.74 Å². The van der Waals surface area contributed by atoms with Gasteiger partial charge in [-0.25, -0.2) is 14.8 Å². The molecule has 0 N–H and O–H groups in total. The molecule has 0 bridgehead atoms. The van der Waals surface area contributed by atoms with Crippen LogP contribution in [0.25, 0.3) is 21.5 Å². The Hall–Kier alpha value is -3.58. The van der Waals surface area contributed by atoms with Crippen LogP contribution in [0.4, 0.5) is 0 Å². The van der Waals surface area contributed by atoms with Crippen molar-refractivity contribution in [3.05, 3.63) is 76.4 Å². The fraction of sp³-hybridized carbons (Fsp3) is 0.167. The Morgan fingerprint density at radius 2 is 1.74 bits per heavy atom. The lowest BCUT2D eigenvalue weighted by Gasteiger charge is -2.10. The van der Waals surface area contributed by atoms with Crippen LogP contribution >= 0.6 is 11.3 Å². The van der Waals surface area contributed by atoms with Crippen LogP contribution in [0.5, 0.6) is 5.75 Å². The van der Waals surface area contributed by atoms with E-state index in [0.29, 0.717) is 33.5 Å². The molecule has 0 radical (unpaired) electrons. The summed E-state index contributed by atoms with van der Waals surface area (Å²) < 4.78 is 10.5. The normalized spacial score (nSPS) is 10.8. The number of ketones is 1. The van der Waals surface area contributed by atoms with Crippen molar-refractivity contribution in [2.24, 2.45) is 0 Å². The number of rotatable bonds is 6. The van der Waals surface area contributed by atoms with Crippen molar-refractivity contribution in [3.63, 3.8) is 0 Å². The molecule has 7 heteroatoms. The molecule has 0 aliphatic heterocycles. The van der Waals surface area contributed by atoms with E-state index in [2.05, 4.69) is 4.98 Å². The molecule has 0 fully saturated rings. The highest BCUT2D eigenvalue weighted by Crippen LogP contribution is 2.31. The number of hydrogen-bond acceptors (Lipinski definition) is 7. The largest absolute Gasteiger partial charge is 0.497 e. The van der Waals surface area contributed by atoms with Crippen molar-refractivity contribution >= 4 is 34.0 Å². The first-order chi connectivity index (χ1) is 15.0. The Morgan fingerprint density at radius 1 is 1.00 bits per heavy atom. The molecule has 6 nitrogen and oxygen atoms in total. The summed E-state index contributed by atoms with van der Waals surface area (Å²) in [6.45, 7) is 3.50. The number of carbonyl (C=O) groups excluding carboxylic acids is 2. The molecule has 2 aromatic carbocycles. The molecule has 0 saturated carbocycles. The summed E-state index contributed by atoms with van der Waals surface area (Å²) in [5, 5.41) is 1.60. The van der Waals surface area contributed by atoms with Gasteiger partial charge in [0.05, 0.1) is 39.5 Å². The number of Topliss-reactive ketones (excluding diaryl/α,β-unsaturated/α-hetero) is 1. The van der Waals surface area contributed by atoms with Gasteiger partial charge in [-0.1, -0.05) is 18.2 Å². The van der Waals surface area contributed by atoms with E-state index in [4.69, 9.17) is 14.5 Å². The molecule has 31 heavy (non-hydrogen) atoms. The van der Waals surface area contributed by atoms with Gasteiger partial charge in [-0.3, -0.25) is 4.79 Å². The summed E-state index contributed by atoms with van der Waals surface area (Å²) in [4.78, 5) is 35.4. The average molecular weight is 433 g/mol. The zero-order chi connectivity index (χ0) is 22.0. The first-order valence-electron chi connectivity index (χ1n) is 9.65. The Kier molecular flexibility index (Phi) is 5.77. The number of carbonyl (C=O) groups is 2. The topological polar surface area (TPSA) is 78.4 Å². The van der Waals surface area contributed by atoms with Gasteiger partial charge in [-0.2, -0.15) is 0 Å². The molecule has 0 aliphatic rings. The molecule has 2 aromatic heterocycles. The van der Waals surface area contributed by atoms with Crippen LogP contribution in [0.2, 0.25) is 0 Å². The predicted octanol–water partition coefficient (Wildman–Crippen LogP) is 5.02. The van der Waals surface area contributed by atoms with Gasteiger partial charge in [0.25, 0.3) is 0 Å². The van der Waals surface area contributed by atoms with E-state index in [9.17, 15) is 9.59 Å². The summed E-state index contributed by atoms with van der Waals surface area (Å²) >= 11 is 1.52. The molecule has 4 rings (SSSR count). The molecule has 0 aliphatic carbocycles. The molecule has 4 aromatic rings. The van der Waals surface area contributed by atoms with E-state index in [-0.39, 0.29) is 12.4 Å². The van der Waals surface area contributed by atoms with E-state index in [1.54, 1.807) is 37.4 Å². The maximum Gasteiger partial charge on any atom is 0.339 e. The Labute approximate surface area is 183 Å². The summed E-state index contributed by atoms with van der Waals surface area (Å²) in [6.07, 6.45) is 0. The number of methoxy groups -OCH3 is 1. The second-order valence-corrected chi connectivity index (χ2v) is 8.15. The summed E-state index contributed by atoms with van der Waals surface area (Å²) in [6, 6.07) is 15.8. The van der Waals surface area contributed by atoms with Gasteiger partial charge in [-0.05, 0) is 50.2 Å². The van der Waals surface area contributed by atoms with E-state index >= 15 is 0 Å². The number of aryl methyl sites for hydroxylation is 2. The van der Waals surface area contributed by atoms with Crippen LogP contribution in [0, 0.1) is 13.8 Å². The molecule has 0 atom stereocenters. The van der Waals surface area contributed by atoms with Gasteiger partial charge in [0.15, 0.2) is 12.4 Å². The Bertz CT molecular complexity index is 1280. The smallest absolute Gasteiger partial charge is 0.339 e. The number of thiazole rings is 1. The van der Waals surface area contributed by atoms with Gasteiger partial charge >= 0.3 is 5.97 Å². The van der Waals surface area contributed by atoms with E-state index in [0.717, 1.165) is 15.6 Å². The van der Waals surface area contributed by atoms with Crippen LogP contribution in [0.15, 0.2) is 54.6 Å². The highest BCUT2D eigenvalue weighted by Gasteiger charge is 2.19. The number of pyridine rings is 1. The second-order valence-electron chi connectivity index (χ2n) is 6.95. The Balaban J connectivity index is 1.62. The standard InChI is InChI=1S/C24H20N2O4S/c1-14-23(31-15(2)25-14)21-12-19(18-6-4-5-7-20(18)26-21)24(28)30-13-22(27)16-8-10-17(29-3)11-9-16/h4-12H,13H2,1-3H3. The summed E-state index contributed by atoms with van der Waals surface area (Å²) in [7, 11) is 1.56. The maximum atomic E-state index is 12.9. The molecule has 2 heterocycles. The summed E-state index contributed by atoms with van der Waals surface area (Å²) in [5.74, 6) is -0.206. The number of ether oxygens (including phenoxy) is 2. The van der Waals surface area contributed by atoms with Gasteiger partial charge in [-0.15, -0.1) is 11.3 Å². The van der Waals surface area contributed by atoms with E-state index in [1.165, 1.54) is 11.3 Å². The number of esters is 1. The van der Waals surface area contributed by atoms with Gasteiger partial charge in [0.1, 0.15) is 5.75 Å². The fourth-order valence-electron chi connectivity index (χ4n) is 3.30. The van der Waals surface area contributed by atoms with Gasteiger partial charge in [0, 0.05) is 10.9 Å². The SMILES string of the molecule is COc1ccc(C(=O)COC(=O)c2cc(-c3sc(C)nc3C)nc3ccccc23)cc1. The van der Waals surface area contributed by atoms with Crippen molar-refractivity contribution in [3.8, 4) is 16.3 Å². The number of aromatic nitrogens is 2. The van der Waals surface area contributed by atoms with E-state index in [1.807, 2.05) is 38.1 Å². The lowest BCUT2D eigenvalue weighted by Crippen LogP contribution is -2.15. The van der Waals surface area contributed by atoms with Gasteiger partial charge in [0.2, 0.25) is 0 Å². The number of nitrogens with zero attached hydrogens (tertiary/aromatic N) is 2. The highest BCUT2D eigenvalue weighted by atomic mass is 32.1. The highest BCUT2D eigenvalue weighted by molar-refractivity contribution is 7.15. The maximum absolute atomic E-state index is 12.9. The predicted molar refractivity (Wildman–Crippen MR) is 120 cm³/mol.